The number of hydrogen-bond acceptors (Lipinski definition) is 6. The van der Waals surface area contributed by atoms with Crippen molar-refractivity contribution < 1.29 is 14.2 Å². The number of benzene rings is 3. The topological polar surface area (TPSA) is 63.8 Å². The minimum absolute atomic E-state index is 0.403. The molecule has 3 aromatic carbocycles. The molecule has 3 N–H and O–H groups in total. The van der Waals surface area contributed by atoms with Crippen LogP contribution in [0.4, 0.5) is 5.69 Å². The van der Waals surface area contributed by atoms with E-state index in [0.29, 0.717) is 31.8 Å². The first-order valence-corrected chi connectivity index (χ1v) is 14.0. The Balaban J connectivity index is 1.06. The second-order valence-electron chi connectivity index (χ2n) is 10.2. The molecule has 0 amide bonds. The predicted octanol–water partition coefficient (Wildman–Crippen LogP) is 5.27. The summed E-state index contributed by atoms with van der Waals surface area (Å²) in [5.74, 6) is 2.27. The van der Waals surface area contributed by atoms with Gasteiger partial charge in [-0.25, -0.2) is 0 Å². The Kier molecular flexibility index (Phi) is 9.54. The summed E-state index contributed by atoms with van der Waals surface area (Å²) in [6.45, 7) is 5.85. The summed E-state index contributed by atoms with van der Waals surface area (Å²) in [5.41, 5.74) is 6.55. The first kappa shape index (κ1) is 26.5. The highest BCUT2D eigenvalue weighted by Crippen LogP contribution is 2.28. The Labute approximate surface area is 227 Å². The number of rotatable bonds is 12. The van der Waals surface area contributed by atoms with Gasteiger partial charge in [-0.15, -0.1) is 0 Å². The molecule has 2 unspecified atom stereocenters. The molecule has 6 heteroatoms. The number of methoxy groups -OCH3 is 1. The van der Waals surface area contributed by atoms with Gasteiger partial charge in [0.2, 0.25) is 0 Å². The lowest BCUT2D eigenvalue weighted by Gasteiger charge is -2.33. The van der Waals surface area contributed by atoms with Crippen molar-refractivity contribution in [2.75, 3.05) is 45.3 Å². The van der Waals surface area contributed by atoms with Crippen LogP contribution in [0.15, 0.2) is 66.7 Å². The van der Waals surface area contributed by atoms with Crippen LogP contribution < -0.4 is 25.4 Å². The molecule has 1 fully saturated rings. The van der Waals surface area contributed by atoms with Crippen LogP contribution in [0.25, 0.3) is 0 Å². The molecule has 5 rings (SSSR count). The van der Waals surface area contributed by atoms with Crippen LogP contribution in [0.2, 0.25) is 0 Å². The molecule has 0 saturated carbocycles. The molecule has 202 valence electrons. The van der Waals surface area contributed by atoms with E-state index < -0.39 is 0 Å². The van der Waals surface area contributed by atoms with Gasteiger partial charge in [0.05, 0.1) is 26.9 Å². The van der Waals surface area contributed by atoms with Crippen molar-refractivity contribution in [2.45, 2.75) is 50.8 Å². The largest absolute Gasteiger partial charge is 0.496 e. The third-order valence-corrected chi connectivity index (χ3v) is 7.62. The summed E-state index contributed by atoms with van der Waals surface area (Å²) in [5, 5.41) is 11.0. The van der Waals surface area contributed by atoms with Crippen molar-refractivity contribution in [1.29, 1.82) is 0 Å². The van der Waals surface area contributed by atoms with Crippen LogP contribution in [0.3, 0.4) is 0 Å². The Bertz CT molecular complexity index is 1150. The molecule has 2 atom stereocenters. The standard InChI is InChI=1S/C32H41N3O3/c1-36-32-8-3-2-6-27(32)23-37-18-5-19-38-28-13-11-25(12-14-28)29-15-17-33-22-31(29)35-21-24-9-10-26-7-4-16-34-30(26)20-24/h2-3,6,8-14,20,29,31,33-35H,4-5,7,15-19,21-23H2,1H3. The van der Waals surface area contributed by atoms with Gasteiger partial charge < -0.3 is 30.2 Å². The zero-order valence-corrected chi connectivity index (χ0v) is 22.5. The molecule has 3 aromatic rings. The maximum absolute atomic E-state index is 5.98. The van der Waals surface area contributed by atoms with Gasteiger partial charge in [-0.2, -0.15) is 0 Å². The van der Waals surface area contributed by atoms with E-state index in [0.717, 1.165) is 56.1 Å². The van der Waals surface area contributed by atoms with Gasteiger partial charge in [-0.1, -0.05) is 42.5 Å². The van der Waals surface area contributed by atoms with Gasteiger partial charge in [0, 0.05) is 49.3 Å². The van der Waals surface area contributed by atoms with Crippen LogP contribution >= 0.6 is 0 Å². The SMILES string of the molecule is COc1ccccc1COCCCOc1ccc(C2CCNCC2NCc2ccc3c(c2)NCCC3)cc1. The Morgan fingerprint density at radius 3 is 2.76 bits per heavy atom. The fraction of sp³-hybridized carbons (Fsp3) is 0.438. The van der Waals surface area contributed by atoms with E-state index in [9.17, 15) is 0 Å². The molecule has 2 heterocycles. The highest BCUT2D eigenvalue weighted by molar-refractivity contribution is 5.55. The first-order valence-electron chi connectivity index (χ1n) is 14.0. The van der Waals surface area contributed by atoms with Crippen molar-refractivity contribution in [1.82, 2.24) is 10.6 Å². The number of anilines is 1. The average Bonchev–Trinajstić information content (AvgIpc) is 2.98. The van der Waals surface area contributed by atoms with Crippen molar-refractivity contribution in [3.8, 4) is 11.5 Å². The normalized spacial score (nSPS) is 18.9. The molecular formula is C32H41N3O3. The van der Waals surface area contributed by atoms with Crippen LogP contribution in [-0.2, 0) is 24.3 Å². The van der Waals surface area contributed by atoms with Crippen molar-refractivity contribution in [3.05, 3.63) is 89.0 Å². The second kappa shape index (κ2) is 13.7. The highest BCUT2D eigenvalue weighted by atomic mass is 16.5. The fourth-order valence-electron chi connectivity index (χ4n) is 5.51. The molecule has 2 aliphatic rings. The Morgan fingerprint density at radius 2 is 1.87 bits per heavy atom. The summed E-state index contributed by atoms with van der Waals surface area (Å²) in [6.07, 6.45) is 4.38. The summed E-state index contributed by atoms with van der Waals surface area (Å²) in [6, 6.07) is 24.0. The first-order chi connectivity index (χ1) is 18.8. The number of nitrogens with one attached hydrogen (secondary N) is 3. The summed E-state index contributed by atoms with van der Waals surface area (Å²) < 4.78 is 17.2. The maximum atomic E-state index is 5.98. The van der Waals surface area contributed by atoms with Gasteiger partial charge in [0.25, 0.3) is 0 Å². The summed E-state index contributed by atoms with van der Waals surface area (Å²) in [7, 11) is 1.69. The third kappa shape index (κ3) is 7.07. The van der Waals surface area contributed by atoms with Crippen molar-refractivity contribution in [2.24, 2.45) is 0 Å². The highest BCUT2D eigenvalue weighted by Gasteiger charge is 2.26. The molecule has 0 radical (unpaired) electrons. The monoisotopic (exact) mass is 515 g/mol. The lowest BCUT2D eigenvalue weighted by Crippen LogP contribution is -2.47. The quantitative estimate of drug-likeness (QED) is 0.286. The molecule has 0 aliphatic carbocycles. The van der Waals surface area contributed by atoms with E-state index in [1.165, 1.54) is 35.2 Å². The van der Waals surface area contributed by atoms with Crippen LogP contribution in [0.5, 0.6) is 11.5 Å². The Morgan fingerprint density at radius 1 is 0.974 bits per heavy atom. The van der Waals surface area contributed by atoms with Crippen molar-refractivity contribution in [3.63, 3.8) is 0 Å². The van der Waals surface area contributed by atoms with Gasteiger partial charge in [0.15, 0.2) is 0 Å². The second-order valence-corrected chi connectivity index (χ2v) is 10.2. The molecule has 1 saturated heterocycles. The maximum Gasteiger partial charge on any atom is 0.124 e. The van der Waals surface area contributed by atoms with Gasteiger partial charge in [-0.3, -0.25) is 0 Å². The molecule has 0 aromatic heterocycles. The van der Waals surface area contributed by atoms with Gasteiger partial charge in [-0.05, 0) is 66.8 Å². The zero-order chi connectivity index (χ0) is 26.0. The number of para-hydroxylation sites is 1. The van der Waals surface area contributed by atoms with E-state index in [2.05, 4.69) is 58.4 Å². The third-order valence-electron chi connectivity index (χ3n) is 7.62. The Hall–Kier alpha value is -3.06. The summed E-state index contributed by atoms with van der Waals surface area (Å²) >= 11 is 0. The minimum atomic E-state index is 0.403. The number of fused-ring (bicyclic) bond motifs is 1. The van der Waals surface area contributed by atoms with Crippen LogP contribution in [0, 0.1) is 0 Å². The molecule has 38 heavy (non-hydrogen) atoms. The lowest BCUT2D eigenvalue weighted by molar-refractivity contribution is 0.105. The van der Waals surface area contributed by atoms with E-state index >= 15 is 0 Å². The zero-order valence-electron chi connectivity index (χ0n) is 22.5. The lowest BCUT2D eigenvalue weighted by atomic mass is 9.86. The summed E-state index contributed by atoms with van der Waals surface area (Å²) in [4.78, 5) is 0. The number of piperidine rings is 1. The molecule has 0 spiro atoms. The average molecular weight is 516 g/mol. The fourth-order valence-corrected chi connectivity index (χ4v) is 5.51. The smallest absolute Gasteiger partial charge is 0.124 e. The van der Waals surface area contributed by atoms with Crippen LogP contribution in [-0.4, -0.2) is 46.0 Å². The van der Waals surface area contributed by atoms with E-state index in [4.69, 9.17) is 14.2 Å². The van der Waals surface area contributed by atoms with Gasteiger partial charge in [0.1, 0.15) is 11.5 Å². The minimum Gasteiger partial charge on any atom is -0.496 e. The molecule has 2 aliphatic heterocycles. The van der Waals surface area contributed by atoms with E-state index in [-0.39, 0.29) is 0 Å². The van der Waals surface area contributed by atoms with E-state index in [1.807, 2.05) is 24.3 Å². The molecule has 0 bridgehead atoms. The van der Waals surface area contributed by atoms with Crippen molar-refractivity contribution >= 4 is 5.69 Å². The number of aryl methyl sites for hydroxylation is 1. The predicted molar refractivity (Wildman–Crippen MR) is 153 cm³/mol. The molecular weight excluding hydrogens is 474 g/mol. The van der Waals surface area contributed by atoms with E-state index in [1.54, 1.807) is 7.11 Å². The molecule has 6 nitrogen and oxygen atoms in total. The van der Waals surface area contributed by atoms with Gasteiger partial charge >= 0.3 is 0 Å². The number of ether oxygens (including phenoxy) is 3. The number of hydrogen-bond donors (Lipinski definition) is 3. The van der Waals surface area contributed by atoms with Crippen LogP contribution in [0.1, 0.15) is 47.4 Å².